The Bertz CT molecular complexity index is 489. The Hall–Kier alpha value is -1.62. The van der Waals surface area contributed by atoms with Crippen LogP contribution in [0.4, 0.5) is 0 Å². The number of aliphatic hydroxyl groups excluding tert-OH is 1. The monoisotopic (exact) mass is 266 g/mol. The predicted molar refractivity (Wildman–Crippen MR) is 67.5 cm³/mol. The normalized spacial score (nSPS) is 21.7. The van der Waals surface area contributed by atoms with Crippen LogP contribution >= 0.6 is 11.3 Å². The van der Waals surface area contributed by atoms with E-state index in [4.69, 9.17) is 4.74 Å². The van der Waals surface area contributed by atoms with Crippen LogP contribution < -0.4 is 0 Å². The van der Waals surface area contributed by atoms with Gasteiger partial charge >= 0.3 is 5.97 Å². The number of thiophene rings is 1. The summed E-state index contributed by atoms with van der Waals surface area (Å²) in [4.78, 5) is 24.5. The summed E-state index contributed by atoms with van der Waals surface area (Å²) in [5.74, 6) is -1.29. The topological polar surface area (TPSA) is 63.6 Å². The van der Waals surface area contributed by atoms with Gasteiger partial charge in [-0.3, -0.25) is 4.79 Å². The molecule has 0 aliphatic carbocycles. The molecule has 0 amide bonds. The van der Waals surface area contributed by atoms with Crippen LogP contribution in [0.3, 0.4) is 0 Å². The highest BCUT2D eigenvalue weighted by atomic mass is 32.1. The van der Waals surface area contributed by atoms with Crippen molar-refractivity contribution < 1.29 is 19.4 Å². The summed E-state index contributed by atoms with van der Waals surface area (Å²) >= 11 is 1.46. The van der Waals surface area contributed by atoms with Gasteiger partial charge in [-0.15, -0.1) is 11.3 Å². The van der Waals surface area contributed by atoms with Crippen LogP contribution in [0.15, 0.2) is 28.8 Å². The highest BCUT2D eigenvalue weighted by molar-refractivity contribution is 7.09. The number of ether oxygens (including phenoxy) is 1. The number of carbonyl (C=O) groups excluding carboxylic acids is 2. The Morgan fingerprint density at radius 1 is 1.50 bits per heavy atom. The fourth-order valence-corrected chi connectivity index (χ4v) is 2.58. The molecule has 0 spiro atoms. The maximum Gasteiger partial charge on any atom is 0.345 e. The summed E-state index contributed by atoms with van der Waals surface area (Å²) in [6, 6.07) is 3.69. The molecule has 1 fully saturated rings. The van der Waals surface area contributed by atoms with Gasteiger partial charge in [0.1, 0.15) is 16.9 Å². The third-order valence-corrected chi connectivity index (χ3v) is 3.52. The average Bonchev–Trinajstić information content (AvgIpc) is 2.66. The van der Waals surface area contributed by atoms with Crippen molar-refractivity contribution in [3.8, 4) is 0 Å². The number of cyclic esters (lactones) is 1. The first-order valence-electron chi connectivity index (χ1n) is 5.60. The molecule has 0 aromatic carbocycles. The minimum Gasteiger partial charge on any atom is -0.511 e. The largest absolute Gasteiger partial charge is 0.511 e. The average molecular weight is 266 g/mol. The molecule has 0 saturated carbocycles. The summed E-state index contributed by atoms with van der Waals surface area (Å²) in [6.07, 6.45) is 0.289. The first kappa shape index (κ1) is 12.8. The van der Waals surface area contributed by atoms with Gasteiger partial charge in [-0.1, -0.05) is 6.07 Å². The van der Waals surface area contributed by atoms with E-state index in [1.807, 2.05) is 17.5 Å². The predicted octanol–water partition coefficient (Wildman–Crippen LogP) is 2.40. The van der Waals surface area contributed by atoms with Gasteiger partial charge < -0.3 is 9.84 Å². The van der Waals surface area contributed by atoms with Gasteiger partial charge in [-0.2, -0.15) is 0 Å². The molecular weight excluding hydrogens is 252 g/mol. The van der Waals surface area contributed by atoms with Crippen LogP contribution in [-0.2, 0) is 20.7 Å². The molecule has 1 aromatic heterocycles. The Balaban J connectivity index is 2.26. The number of rotatable bonds is 2. The lowest BCUT2D eigenvalue weighted by atomic mass is 9.92. The second-order valence-corrected chi connectivity index (χ2v) is 5.86. The Labute approximate surface area is 109 Å². The molecular formula is C13H14O4S. The van der Waals surface area contributed by atoms with E-state index in [-0.39, 0.29) is 30.0 Å². The molecule has 1 aliphatic heterocycles. The van der Waals surface area contributed by atoms with Gasteiger partial charge in [0, 0.05) is 11.3 Å². The number of aliphatic hydroxyl groups is 1. The maximum atomic E-state index is 11.9. The fraction of sp³-hybridized carbons (Fsp3) is 0.385. The molecule has 2 rings (SSSR count). The fourth-order valence-electron chi connectivity index (χ4n) is 1.87. The molecule has 1 aromatic rings. The van der Waals surface area contributed by atoms with Crippen LogP contribution in [0.2, 0.25) is 0 Å². The molecule has 0 atom stereocenters. The number of Topliss-reactive ketones (excluding diaryl/α,β-unsaturated/α-hetero) is 1. The van der Waals surface area contributed by atoms with E-state index in [0.29, 0.717) is 0 Å². The summed E-state index contributed by atoms with van der Waals surface area (Å²) < 4.78 is 5.12. The molecule has 0 bridgehead atoms. The number of esters is 1. The zero-order chi connectivity index (χ0) is 13.3. The third-order valence-electron chi connectivity index (χ3n) is 2.65. The van der Waals surface area contributed by atoms with Crippen molar-refractivity contribution in [2.75, 3.05) is 0 Å². The van der Waals surface area contributed by atoms with E-state index in [0.717, 1.165) is 4.88 Å². The van der Waals surface area contributed by atoms with Crippen LogP contribution in [0.25, 0.3) is 0 Å². The van der Waals surface area contributed by atoms with Crippen LogP contribution in [0.1, 0.15) is 25.1 Å². The smallest absolute Gasteiger partial charge is 0.345 e. The van der Waals surface area contributed by atoms with E-state index in [9.17, 15) is 14.7 Å². The SMILES string of the molecule is CC1(C)CC(=O)C(=C(O)Cc2cccs2)C(=O)O1. The molecule has 0 radical (unpaired) electrons. The van der Waals surface area contributed by atoms with E-state index in [1.54, 1.807) is 13.8 Å². The molecule has 96 valence electrons. The van der Waals surface area contributed by atoms with Crippen molar-refractivity contribution >= 4 is 23.1 Å². The molecule has 1 saturated heterocycles. The van der Waals surface area contributed by atoms with Gasteiger partial charge in [0.15, 0.2) is 5.78 Å². The summed E-state index contributed by atoms with van der Waals surface area (Å²) in [5, 5.41) is 11.8. The van der Waals surface area contributed by atoms with Gasteiger partial charge in [0.2, 0.25) is 0 Å². The molecule has 0 unspecified atom stereocenters. The van der Waals surface area contributed by atoms with Crippen molar-refractivity contribution in [1.82, 2.24) is 0 Å². The second-order valence-electron chi connectivity index (χ2n) is 4.83. The van der Waals surface area contributed by atoms with Crippen LogP contribution in [-0.4, -0.2) is 22.5 Å². The molecule has 4 nitrogen and oxygen atoms in total. The van der Waals surface area contributed by atoms with E-state index < -0.39 is 11.6 Å². The van der Waals surface area contributed by atoms with Crippen LogP contribution in [0.5, 0.6) is 0 Å². The highest BCUT2D eigenvalue weighted by Crippen LogP contribution is 2.27. The Kier molecular flexibility index (Phi) is 3.26. The number of hydrogen-bond donors (Lipinski definition) is 1. The lowest BCUT2D eigenvalue weighted by Crippen LogP contribution is -2.39. The van der Waals surface area contributed by atoms with E-state index in [2.05, 4.69) is 0 Å². The summed E-state index contributed by atoms with van der Waals surface area (Å²) in [6.45, 7) is 3.35. The first-order valence-corrected chi connectivity index (χ1v) is 6.48. The Morgan fingerprint density at radius 3 is 2.78 bits per heavy atom. The molecule has 18 heavy (non-hydrogen) atoms. The van der Waals surface area contributed by atoms with Crippen molar-refractivity contribution in [2.24, 2.45) is 0 Å². The Morgan fingerprint density at radius 2 is 2.22 bits per heavy atom. The molecule has 1 aliphatic rings. The van der Waals surface area contributed by atoms with Crippen molar-refractivity contribution in [3.63, 3.8) is 0 Å². The standard InChI is InChI=1S/C13H14O4S/c1-13(2)7-10(15)11(12(16)17-13)9(14)6-8-4-3-5-18-8/h3-5,14H,6-7H2,1-2H3. The van der Waals surface area contributed by atoms with Crippen LogP contribution in [0, 0.1) is 0 Å². The van der Waals surface area contributed by atoms with E-state index >= 15 is 0 Å². The van der Waals surface area contributed by atoms with Gasteiger partial charge in [0.25, 0.3) is 0 Å². The number of allylic oxidation sites excluding steroid dienone is 1. The summed E-state index contributed by atoms with van der Waals surface area (Å²) in [7, 11) is 0. The molecule has 1 N–H and O–H groups in total. The van der Waals surface area contributed by atoms with Crippen molar-refractivity contribution in [2.45, 2.75) is 32.3 Å². The number of hydrogen-bond acceptors (Lipinski definition) is 5. The number of carbonyl (C=O) groups is 2. The van der Waals surface area contributed by atoms with Gasteiger partial charge in [0.05, 0.1) is 6.42 Å². The zero-order valence-electron chi connectivity index (χ0n) is 10.2. The highest BCUT2D eigenvalue weighted by Gasteiger charge is 2.39. The van der Waals surface area contributed by atoms with Crippen molar-refractivity contribution in [3.05, 3.63) is 33.7 Å². The summed E-state index contributed by atoms with van der Waals surface area (Å²) in [5.41, 5.74) is -0.997. The number of ketones is 1. The first-order chi connectivity index (χ1) is 8.39. The minimum absolute atomic E-state index is 0.0998. The second kappa shape index (κ2) is 4.57. The lowest BCUT2D eigenvalue weighted by Gasteiger charge is -2.29. The van der Waals surface area contributed by atoms with E-state index in [1.165, 1.54) is 11.3 Å². The minimum atomic E-state index is -0.791. The molecule has 5 heteroatoms. The zero-order valence-corrected chi connectivity index (χ0v) is 11.0. The molecule has 2 heterocycles. The quantitative estimate of drug-likeness (QED) is 0.386. The lowest BCUT2D eigenvalue weighted by molar-refractivity contribution is -0.159. The van der Waals surface area contributed by atoms with Gasteiger partial charge in [-0.25, -0.2) is 4.79 Å². The van der Waals surface area contributed by atoms with Gasteiger partial charge in [-0.05, 0) is 25.3 Å². The van der Waals surface area contributed by atoms with Crippen molar-refractivity contribution in [1.29, 1.82) is 0 Å². The maximum absolute atomic E-state index is 11.9. The third kappa shape index (κ3) is 2.61.